The SMILES string of the molecule is Cc1nn(C)c(CC(N)C2CCC(C(F)(F)F)CC2)c1Br. The Labute approximate surface area is 131 Å². The molecule has 1 aliphatic rings. The quantitative estimate of drug-likeness (QED) is 0.884. The lowest BCUT2D eigenvalue weighted by molar-refractivity contribution is -0.184. The molecule has 3 nitrogen and oxygen atoms in total. The topological polar surface area (TPSA) is 43.8 Å². The van der Waals surface area contributed by atoms with E-state index >= 15 is 0 Å². The van der Waals surface area contributed by atoms with Crippen molar-refractivity contribution in [3.63, 3.8) is 0 Å². The minimum atomic E-state index is -4.06. The van der Waals surface area contributed by atoms with E-state index in [2.05, 4.69) is 21.0 Å². The summed E-state index contributed by atoms with van der Waals surface area (Å²) >= 11 is 3.50. The van der Waals surface area contributed by atoms with E-state index in [-0.39, 0.29) is 24.8 Å². The summed E-state index contributed by atoms with van der Waals surface area (Å²) in [5.74, 6) is -0.989. The maximum absolute atomic E-state index is 12.7. The molecule has 0 spiro atoms. The first-order valence-electron chi connectivity index (χ1n) is 7.20. The van der Waals surface area contributed by atoms with E-state index in [1.54, 1.807) is 4.68 Å². The summed E-state index contributed by atoms with van der Waals surface area (Å²) in [4.78, 5) is 0. The van der Waals surface area contributed by atoms with E-state index in [0.29, 0.717) is 19.3 Å². The van der Waals surface area contributed by atoms with Crippen molar-refractivity contribution < 1.29 is 13.2 Å². The van der Waals surface area contributed by atoms with Crippen LogP contribution in [0.25, 0.3) is 0 Å². The van der Waals surface area contributed by atoms with Gasteiger partial charge in [0.25, 0.3) is 0 Å². The van der Waals surface area contributed by atoms with Crippen LogP contribution in [-0.4, -0.2) is 22.0 Å². The van der Waals surface area contributed by atoms with Gasteiger partial charge in [-0.05, 0) is 54.5 Å². The van der Waals surface area contributed by atoms with Crippen molar-refractivity contribution in [1.29, 1.82) is 0 Å². The summed E-state index contributed by atoms with van der Waals surface area (Å²) in [5.41, 5.74) is 8.15. The molecule has 1 aromatic heterocycles. The Kier molecular flexibility index (Phi) is 5.03. The van der Waals surface area contributed by atoms with Crippen LogP contribution in [0.3, 0.4) is 0 Å². The molecule has 0 amide bonds. The molecule has 2 rings (SSSR count). The largest absolute Gasteiger partial charge is 0.391 e. The third kappa shape index (κ3) is 3.80. The first-order valence-corrected chi connectivity index (χ1v) is 7.99. The average molecular weight is 368 g/mol. The van der Waals surface area contributed by atoms with Gasteiger partial charge in [-0.25, -0.2) is 0 Å². The maximum atomic E-state index is 12.7. The third-order valence-corrected chi connectivity index (χ3v) is 5.56. The van der Waals surface area contributed by atoms with Gasteiger partial charge in [0.05, 0.1) is 21.8 Å². The molecule has 1 heterocycles. The zero-order chi connectivity index (χ0) is 15.8. The van der Waals surface area contributed by atoms with Gasteiger partial charge < -0.3 is 5.73 Å². The van der Waals surface area contributed by atoms with Gasteiger partial charge in [0, 0.05) is 19.5 Å². The minimum Gasteiger partial charge on any atom is -0.327 e. The molecule has 0 radical (unpaired) electrons. The Bertz CT molecular complexity index is 490. The zero-order valence-corrected chi connectivity index (χ0v) is 13.8. The summed E-state index contributed by atoms with van der Waals surface area (Å²) < 4.78 is 40.8. The van der Waals surface area contributed by atoms with Gasteiger partial charge in [-0.15, -0.1) is 0 Å². The van der Waals surface area contributed by atoms with Gasteiger partial charge in [-0.3, -0.25) is 4.68 Å². The first kappa shape index (κ1) is 16.8. The summed E-state index contributed by atoms with van der Waals surface area (Å²) in [5, 5.41) is 4.32. The Morgan fingerprint density at radius 1 is 1.33 bits per heavy atom. The Morgan fingerprint density at radius 2 is 1.90 bits per heavy atom. The van der Waals surface area contributed by atoms with Crippen LogP contribution < -0.4 is 5.73 Å². The molecule has 1 unspecified atom stereocenters. The molecule has 0 aromatic carbocycles. The molecule has 0 bridgehead atoms. The van der Waals surface area contributed by atoms with E-state index in [4.69, 9.17) is 5.73 Å². The number of rotatable bonds is 3. The van der Waals surface area contributed by atoms with Crippen LogP contribution in [0.15, 0.2) is 4.47 Å². The molecule has 1 fully saturated rings. The van der Waals surface area contributed by atoms with E-state index in [0.717, 1.165) is 15.9 Å². The van der Waals surface area contributed by atoms with Gasteiger partial charge in [0.1, 0.15) is 0 Å². The van der Waals surface area contributed by atoms with Crippen molar-refractivity contribution in [3.8, 4) is 0 Å². The van der Waals surface area contributed by atoms with Gasteiger partial charge in [0.2, 0.25) is 0 Å². The van der Waals surface area contributed by atoms with Crippen molar-refractivity contribution >= 4 is 15.9 Å². The van der Waals surface area contributed by atoms with E-state index in [1.807, 2.05) is 14.0 Å². The minimum absolute atomic E-state index is 0.120. The predicted octanol–water partition coefficient (Wildman–Crippen LogP) is 3.73. The van der Waals surface area contributed by atoms with Crippen LogP contribution in [0.2, 0.25) is 0 Å². The molecule has 1 atom stereocenters. The molecular weight excluding hydrogens is 347 g/mol. The summed E-state index contributed by atoms with van der Waals surface area (Å²) in [6.07, 6.45) is -1.91. The van der Waals surface area contributed by atoms with Crippen LogP contribution in [0.4, 0.5) is 13.2 Å². The van der Waals surface area contributed by atoms with Gasteiger partial charge in [0.15, 0.2) is 0 Å². The fourth-order valence-electron chi connectivity index (χ4n) is 3.17. The van der Waals surface area contributed by atoms with E-state index in [1.165, 1.54) is 0 Å². The average Bonchev–Trinajstić information content (AvgIpc) is 2.64. The summed E-state index contributed by atoms with van der Waals surface area (Å²) in [7, 11) is 1.86. The number of halogens is 4. The van der Waals surface area contributed by atoms with Crippen LogP contribution >= 0.6 is 15.9 Å². The smallest absolute Gasteiger partial charge is 0.327 e. The standard InChI is InChI=1S/C14H21BrF3N3/c1-8-13(15)12(21(2)20-8)7-11(19)9-3-5-10(6-4-9)14(16,17)18/h9-11H,3-7,19H2,1-2H3. The second kappa shape index (κ2) is 6.28. The lowest BCUT2D eigenvalue weighted by atomic mass is 9.77. The number of aryl methyl sites for hydroxylation is 2. The zero-order valence-electron chi connectivity index (χ0n) is 12.3. The second-order valence-corrected chi connectivity index (χ2v) is 6.78. The highest BCUT2D eigenvalue weighted by molar-refractivity contribution is 9.10. The fourth-order valence-corrected chi connectivity index (χ4v) is 3.66. The lowest BCUT2D eigenvalue weighted by Gasteiger charge is -2.33. The molecular formula is C14H21BrF3N3. The monoisotopic (exact) mass is 367 g/mol. The van der Waals surface area contributed by atoms with Gasteiger partial charge in [-0.2, -0.15) is 18.3 Å². The number of alkyl halides is 3. The second-order valence-electron chi connectivity index (χ2n) is 5.99. The van der Waals surface area contributed by atoms with Gasteiger partial charge in [-0.1, -0.05) is 0 Å². The molecule has 1 aromatic rings. The Morgan fingerprint density at radius 3 is 2.33 bits per heavy atom. The molecule has 1 saturated carbocycles. The van der Waals surface area contributed by atoms with Gasteiger partial charge >= 0.3 is 6.18 Å². The van der Waals surface area contributed by atoms with Crippen LogP contribution in [0.1, 0.15) is 37.1 Å². The Hall–Kier alpha value is -0.560. The highest BCUT2D eigenvalue weighted by Crippen LogP contribution is 2.40. The molecule has 7 heteroatoms. The molecule has 0 saturated heterocycles. The summed E-state index contributed by atoms with van der Waals surface area (Å²) in [6.45, 7) is 1.91. The number of hydrogen-bond acceptors (Lipinski definition) is 2. The van der Waals surface area contributed by atoms with Crippen molar-refractivity contribution in [2.45, 2.75) is 51.2 Å². The number of aromatic nitrogens is 2. The molecule has 0 aliphatic heterocycles. The van der Waals surface area contributed by atoms with Crippen LogP contribution in [-0.2, 0) is 13.5 Å². The van der Waals surface area contributed by atoms with Crippen molar-refractivity contribution in [1.82, 2.24) is 9.78 Å². The van der Waals surface area contributed by atoms with E-state index in [9.17, 15) is 13.2 Å². The highest BCUT2D eigenvalue weighted by atomic mass is 79.9. The Balaban J connectivity index is 1.95. The molecule has 1 aliphatic carbocycles. The van der Waals surface area contributed by atoms with E-state index < -0.39 is 12.1 Å². The maximum Gasteiger partial charge on any atom is 0.391 e. The number of nitrogens with zero attached hydrogens (tertiary/aromatic N) is 2. The summed E-state index contributed by atoms with van der Waals surface area (Å²) in [6, 6.07) is -0.120. The molecule has 21 heavy (non-hydrogen) atoms. The normalized spacial score (nSPS) is 25.1. The van der Waals surface area contributed by atoms with Crippen molar-refractivity contribution in [2.24, 2.45) is 24.6 Å². The van der Waals surface area contributed by atoms with Crippen molar-refractivity contribution in [2.75, 3.05) is 0 Å². The van der Waals surface area contributed by atoms with Crippen molar-refractivity contribution in [3.05, 3.63) is 15.9 Å². The lowest BCUT2D eigenvalue weighted by Crippen LogP contribution is -2.37. The van der Waals surface area contributed by atoms with Crippen LogP contribution in [0, 0.1) is 18.8 Å². The third-order valence-electron chi connectivity index (χ3n) is 4.53. The molecule has 120 valence electrons. The number of nitrogens with two attached hydrogens (primary N) is 1. The fraction of sp³-hybridized carbons (Fsp3) is 0.786. The predicted molar refractivity (Wildman–Crippen MR) is 78.8 cm³/mol. The molecule has 2 N–H and O–H groups in total. The first-order chi connectivity index (χ1) is 9.70. The highest BCUT2D eigenvalue weighted by Gasteiger charge is 2.42. The van der Waals surface area contributed by atoms with Crippen LogP contribution in [0.5, 0.6) is 0 Å². The number of hydrogen-bond donors (Lipinski definition) is 1.